The second-order valence-corrected chi connectivity index (χ2v) is 8.49. The van der Waals surface area contributed by atoms with E-state index in [-0.39, 0.29) is 17.6 Å². The minimum atomic E-state index is -0.480. The highest BCUT2D eigenvalue weighted by molar-refractivity contribution is 7.80. The van der Waals surface area contributed by atoms with Crippen LogP contribution in [0.25, 0.3) is 0 Å². The summed E-state index contributed by atoms with van der Waals surface area (Å²) in [5.41, 5.74) is 8.04. The van der Waals surface area contributed by atoms with Gasteiger partial charge in [0.1, 0.15) is 10.8 Å². The standard InChI is InChI=1S/C20H23N3O3S2/c1-11-7-8-13-15(9-11)28-19(17(13)18(21)25)23-20(27)22-16(24)10-26-14-6-4-3-5-12(14)2/h3-6,11H,7-10H2,1-2H3,(H2,21,25)(H2,22,23,24,27). The molecule has 0 fully saturated rings. The Morgan fingerprint density at radius 1 is 1.36 bits per heavy atom. The molecule has 6 nitrogen and oxygen atoms in total. The van der Waals surface area contributed by atoms with E-state index < -0.39 is 5.91 Å². The van der Waals surface area contributed by atoms with E-state index in [0.29, 0.717) is 22.2 Å². The molecule has 4 N–H and O–H groups in total. The van der Waals surface area contributed by atoms with Gasteiger partial charge in [-0.05, 0) is 61.5 Å². The SMILES string of the molecule is Cc1ccccc1OCC(=O)NC(=S)Nc1sc2c(c1C(N)=O)CCC(C)C2. The van der Waals surface area contributed by atoms with Gasteiger partial charge in [0.15, 0.2) is 11.7 Å². The summed E-state index contributed by atoms with van der Waals surface area (Å²) in [6.07, 6.45) is 2.78. The van der Waals surface area contributed by atoms with Crippen LogP contribution in [0.5, 0.6) is 5.75 Å². The second-order valence-electron chi connectivity index (χ2n) is 6.98. The quantitative estimate of drug-likeness (QED) is 0.650. The first-order chi connectivity index (χ1) is 13.3. The Hall–Kier alpha value is -2.45. The minimum Gasteiger partial charge on any atom is -0.483 e. The van der Waals surface area contributed by atoms with Crippen LogP contribution in [0.2, 0.25) is 0 Å². The number of carbonyl (C=O) groups excluding carboxylic acids is 2. The highest BCUT2D eigenvalue weighted by Crippen LogP contribution is 2.39. The zero-order valence-electron chi connectivity index (χ0n) is 15.8. The largest absolute Gasteiger partial charge is 0.483 e. The number of hydrogen-bond acceptors (Lipinski definition) is 5. The Morgan fingerprint density at radius 2 is 2.11 bits per heavy atom. The van der Waals surface area contributed by atoms with Crippen molar-refractivity contribution in [3.63, 3.8) is 0 Å². The van der Waals surface area contributed by atoms with Gasteiger partial charge in [0, 0.05) is 4.88 Å². The van der Waals surface area contributed by atoms with E-state index >= 15 is 0 Å². The third kappa shape index (κ3) is 4.69. The predicted octanol–water partition coefficient (Wildman–Crippen LogP) is 3.17. The Morgan fingerprint density at radius 3 is 2.82 bits per heavy atom. The number of amides is 2. The van der Waals surface area contributed by atoms with E-state index in [9.17, 15) is 9.59 Å². The van der Waals surface area contributed by atoms with Gasteiger partial charge in [-0.25, -0.2) is 0 Å². The number of nitrogens with two attached hydrogens (primary N) is 1. The van der Waals surface area contributed by atoms with E-state index in [4.69, 9.17) is 22.7 Å². The van der Waals surface area contributed by atoms with Gasteiger partial charge in [0.2, 0.25) is 0 Å². The maximum absolute atomic E-state index is 12.1. The van der Waals surface area contributed by atoms with Crippen molar-refractivity contribution in [1.82, 2.24) is 5.32 Å². The van der Waals surface area contributed by atoms with Crippen molar-refractivity contribution in [3.05, 3.63) is 45.8 Å². The second kappa shape index (κ2) is 8.70. The summed E-state index contributed by atoms with van der Waals surface area (Å²) in [7, 11) is 0. The van der Waals surface area contributed by atoms with Crippen molar-refractivity contribution >= 4 is 45.5 Å². The summed E-state index contributed by atoms with van der Waals surface area (Å²) in [4.78, 5) is 25.3. The number of para-hydroxylation sites is 1. The van der Waals surface area contributed by atoms with Gasteiger partial charge in [-0.2, -0.15) is 0 Å². The number of aryl methyl sites for hydroxylation is 1. The molecule has 1 aromatic carbocycles. The van der Waals surface area contributed by atoms with Gasteiger partial charge in [-0.3, -0.25) is 14.9 Å². The Bertz CT molecular complexity index is 923. The Kier molecular flexibility index (Phi) is 6.31. The summed E-state index contributed by atoms with van der Waals surface area (Å²) in [6.45, 7) is 3.94. The number of carbonyl (C=O) groups is 2. The van der Waals surface area contributed by atoms with Crippen LogP contribution in [0.1, 0.15) is 39.7 Å². The van der Waals surface area contributed by atoms with Crippen LogP contribution in [0.3, 0.4) is 0 Å². The van der Waals surface area contributed by atoms with Gasteiger partial charge in [-0.15, -0.1) is 11.3 Å². The van der Waals surface area contributed by atoms with E-state index in [0.717, 1.165) is 35.3 Å². The van der Waals surface area contributed by atoms with Crippen molar-refractivity contribution in [3.8, 4) is 5.75 Å². The first-order valence-corrected chi connectivity index (χ1v) is 10.3. The monoisotopic (exact) mass is 417 g/mol. The van der Waals surface area contributed by atoms with Crippen molar-refractivity contribution < 1.29 is 14.3 Å². The summed E-state index contributed by atoms with van der Waals surface area (Å²) in [6, 6.07) is 7.45. The van der Waals surface area contributed by atoms with E-state index in [1.807, 2.05) is 25.1 Å². The van der Waals surface area contributed by atoms with Gasteiger partial charge in [0.05, 0.1) is 5.56 Å². The van der Waals surface area contributed by atoms with E-state index in [1.54, 1.807) is 6.07 Å². The molecule has 1 aromatic heterocycles. The van der Waals surface area contributed by atoms with Gasteiger partial charge in [-0.1, -0.05) is 25.1 Å². The lowest BCUT2D eigenvalue weighted by Gasteiger charge is -2.18. The zero-order chi connectivity index (χ0) is 20.3. The number of primary amides is 1. The van der Waals surface area contributed by atoms with Gasteiger partial charge in [0.25, 0.3) is 11.8 Å². The molecule has 1 heterocycles. The molecule has 0 radical (unpaired) electrons. The van der Waals surface area contributed by atoms with Crippen molar-refractivity contribution in [1.29, 1.82) is 0 Å². The Balaban J connectivity index is 1.62. The molecule has 3 rings (SSSR count). The topological polar surface area (TPSA) is 93.4 Å². The van der Waals surface area contributed by atoms with E-state index in [2.05, 4.69) is 17.6 Å². The molecule has 0 aliphatic heterocycles. The van der Waals surface area contributed by atoms with Crippen molar-refractivity contribution in [2.75, 3.05) is 11.9 Å². The normalized spacial score (nSPS) is 15.4. The summed E-state index contributed by atoms with van der Waals surface area (Å²) >= 11 is 6.71. The number of thiophene rings is 1. The summed E-state index contributed by atoms with van der Waals surface area (Å²) in [5.74, 6) is 0.362. The van der Waals surface area contributed by atoms with E-state index in [1.165, 1.54) is 11.3 Å². The van der Waals surface area contributed by atoms with Crippen LogP contribution < -0.4 is 21.1 Å². The molecule has 2 aromatic rings. The molecule has 0 spiro atoms. The maximum atomic E-state index is 12.1. The lowest BCUT2D eigenvalue weighted by atomic mass is 9.88. The van der Waals surface area contributed by atoms with Crippen molar-refractivity contribution in [2.45, 2.75) is 33.1 Å². The number of rotatable bonds is 5. The third-order valence-electron chi connectivity index (χ3n) is 4.69. The number of fused-ring (bicyclic) bond motifs is 1. The molecule has 1 atom stereocenters. The fraction of sp³-hybridized carbons (Fsp3) is 0.350. The molecule has 28 heavy (non-hydrogen) atoms. The first kappa shape index (κ1) is 20.3. The molecule has 0 saturated carbocycles. The fourth-order valence-corrected chi connectivity index (χ4v) is 4.96. The zero-order valence-corrected chi connectivity index (χ0v) is 17.5. The number of ether oxygens (including phenoxy) is 1. The maximum Gasteiger partial charge on any atom is 0.264 e. The highest BCUT2D eigenvalue weighted by atomic mass is 32.1. The van der Waals surface area contributed by atoms with Gasteiger partial charge < -0.3 is 15.8 Å². The molecular weight excluding hydrogens is 394 g/mol. The number of benzene rings is 1. The van der Waals surface area contributed by atoms with Crippen LogP contribution in [-0.4, -0.2) is 23.5 Å². The molecule has 1 aliphatic carbocycles. The molecule has 0 saturated heterocycles. The van der Waals surface area contributed by atoms with Crippen LogP contribution in [0.4, 0.5) is 5.00 Å². The molecule has 0 bridgehead atoms. The summed E-state index contributed by atoms with van der Waals surface area (Å²) in [5, 5.41) is 6.26. The molecule has 1 unspecified atom stereocenters. The minimum absolute atomic E-state index is 0.118. The van der Waals surface area contributed by atoms with Gasteiger partial charge >= 0.3 is 0 Å². The van der Waals surface area contributed by atoms with Crippen LogP contribution >= 0.6 is 23.6 Å². The number of nitrogens with one attached hydrogen (secondary N) is 2. The predicted molar refractivity (Wildman–Crippen MR) is 115 cm³/mol. The number of anilines is 1. The smallest absolute Gasteiger partial charge is 0.264 e. The number of hydrogen-bond donors (Lipinski definition) is 3. The third-order valence-corrected chi connectivity index (χ3v) is 6.06. The lowest BCUT2D eigenvalue weighted by molar-refractivity contribution is -0.121. The molecule has 148 valence electrons. The lowest BCUT2D eigenvalue weighted by Crippen LogP contribution is -2.37. The van der Waals surface area contributed by atoms with Crippen LogP contribution in [-0.2, 0) is 17.6 Å². The average molecular weight is 418 g/mol. The molecule has 1 aliphatic rings. The first-order valence-electron chi connectivity index (χ1n) is 9.08. The highest BCUT2D eigenvalue weighted by Gasteiger charge is 2.27. The fourth-order valence-electron chi connectivity index (χ4n) is 3.26. The molecular formula is C20H23N3O3S2. The van der Waals surface area contributed by atoms with Crippen LogP contribution in [0.15, 0.2) is 24.3 Å². The molecule has 2 amide bonds. The Labute approximate surface area is 173 Å². The number of thiocarbonyl (C=S) groups is 1. The molecule has 8 heteroatoms. The van der Waals surface area contributed by atoms with Crippen LogP contribution in [0, 0.1) is 12.8 Å². The summed E-state index contributed by atoms with van der Waals surface area (Å²) < 4.78 is 5.52. The average Bonchev–Trinajstić information content (AvgIpc) is 2.97. The van der Waals surface area contributed by atoms with Crippen molar-refractivity contribution in [2.24, 2.45) is 11.7 Å².